The minimum absolute atomic E-state index is 0.0316. The number of halogens is 2. The molecule has 148 valence electrons. The van der Waals surface area contributed by atoms with Crippen molar-refractivity contribution in [3.8, 4) is 0 Å². The van der Waals surface area contributed by atoms with Crippen molar-refractivity contribution in [3.05, 3.63) is 32.8 Å². The van der Waals surface area contributed by atoms with E-state index in [9.17, 15) is 14.7 Å². The molecule has 0 bridgehead atoms. The quantitative estimate of drug-likeness (QED) is 0.744. The van der Waals surface area contributed by atoms with Crippen LogP contribution in [0, 0.1) is 11.3 Å². The fraction of sp³-hybridized carbons (Fsp3) is 0.619. The summed E-state index contributed by atoms with van der Waals surface area (Å²) in [6.07, 6.45) is 2.02. The molecule has 1 N–H and O–H groups in total. The summed E-state index contributed by atoms with van der Waals surface area (Å²) in [5.74, 6) is -0.488. The van der Waals surface area contributed by atoms with Crippen LogP contribution in [0.25, 0.3) is 0 Å². The number of methoxy groups -OCH3 is 1. The smallest absolute Gasteiger partial charge is 0.312 e. The zero-order chi connectivity index (χ0) is 20.1. The number of carbonyl (C=O) groups is 2. The second kappa shape index (κ2) is 7.06. The van der Waals surface area contributed by atoms with Crippen molar-refractivity contribution in [1.29, 1.82) is 0 Å². The monoisotopic (exact) mass is 412 g/mol. The Bertz CT molecular complexity index is 806. The molecule has 6 heteroatoms. The van der Waals surface area contributed by atoms with Crippen LogP contribution in [0.4, 0.5) is 0 Å². The number of hydrogen-bond acceptors (Lipinski definition) is 4. The van der Waals surface area contributed by atoms with Crippen LogP contribution in [-0.4, -0.2) is 30.6 Å². The van der Waals surface area contributed by atoms with Gasteiger partial charge in [-0.25, -0.2) is 0 Å². The van der Waals surface area contributed by atoms with E-state index in [1.165, 1.54) is 7.11 Å². The summed E-state index contributed by atoms with van der Waals surface area (Å²) in [6.45, 7) is 5.72. The van der Waals surface area contributed by atoms with Crippen LogP contribution in [0.1, 0.15) is 62.6 Å². The lowest BCUT2D eigenvalue weighted by Crippen LogP contribution is -2.55. The molecule has 1 saturated carbocycles. The molecular weight excluding hydrogens is 387 g/mol. The average molecular weight is 413 g/mol. The summed E-state index contributed by atoms with van der Waals surface area (Å²) in [5, 5.41) is 10.6. The van der Waals surface area contributed by atoms with Gasteiger partial charge in [0.15, 0.2) is 0 Å². The highest BCUT2D eigenvalue weighted by atomic mass is 35.5. The number of fused-ring (bicyclic) bond motifs is 3. The first-order valence-electron chi connectivity index (χ1n) is 9.32. The Hall–Kier alpha value is -1.10. The maximum Gasteiger partial charge on any atom is 0.312 e. The number of carbonyl (C=O) groups excluding carboxylic acids is 2. The number of ketones is 1. The van der Waals surface area contributed by atoms with E-state index < -0.39 is 10.8 Å². The van der Waals surface area contributed by atoms with Crippen LogP contribution < -0.4 is 0 Å². The molecule has 0 unspecified atom stereocenters. The minimum Gasteiger partial charge on any atom is -0.469 e. The van der Waals surface area contributed by atoms with E-state index in [1.807, 2.05) is 26.8 Å². The average Bonchev–Trinajstić information content (AvgIpc) is 2.60. The summed E-state index contributed by atoms with van der Waals surface area (Å²) < 4.78 is 5.06. The zero-order valence-corrected chi connectivity index (χ0v) is 17.7. The Balaban J connectivity index is 2.20. The van der Waals surface area contributed by atoms with Crippen LogP contribution in [0.3, 0.4) is 0 Å². The maximum absolute atomic E-state index is 12.7. The summed E-state index contributed by atoms with van der Waals surface area (Å²) >= 11 is 13.3. The number of aliphatic hydroxyl groups is 1. The number of benzene rings is 1. The van der Waals surface area contributed by atoms with Crippen molar-refractivity contribution in [3.63, 3.8) is 0 Å². The molecular formula is C21H26Cl2O4. The Morgan fingerprint density at radius 1 is 1.37 bits per heavy atom. The molecule has 2 aliphatic rings. The van der Waals surface area contributed by atoms with Gasteiger partial charge in [0.05, 0.1) is 12.5 Å². The Morgan fingerprint density at radius 2 is 2.04 bits per heavy atom. The first kappa shape index (κ1) is 20.6. The number of rotatable bonds is 3. The number of esters is 1. The van der Waals surface area contributed by atoms with Crippen LogP contribution in [0.5, 0.6) is 0 Å². The van der Waals surface area contributed by atoms with E-state index in [-0.39, 0.29) is 36.6 Å². The van der Waals surface area contributed by atoms with E-state index in [4.69, 9.17) is 27.9 Å². The van der Waals surface area contributed by atoms with Gasteiger partial charge in [0, 0.05) is 40.8 Å². The van der Waals surface area contributed by atoms with E-state index in [0.717, 1.165) is 23.1 Å². The summed E-state index contributed by atoms with van der Waals surface area (Å²) in [5.41, 5.74) is 1.30. The van der Waals surface area contributed by atoms with Gasteiger partial charge in [-0.2, -0.15) is 0 Å². The molecule has 3 rings (SSSR count). The van der Waals surface area contributed by atoms with Crippen molar-refractivity contribution < 1.29 is 19.4 Å². The minimum atomic E-state index is -0.855. The van der Waals surface area contributed by atoms with E-state index in [0.29, 0.717) is 22.9 Å². The molecule has 0 heterocycles. The van der Waals surface area contributed by atoms with E-state index in [1.54, 1.807) is 0 Å². The first-order chi connectivity index (χ1) is 12.6. The molecule has 1 fully saturated rings. The second-order valence-electron chi connectivity index (χ2n) is 8.51. The fourth-order valence-corrected chi connectivity index (χ4v) is 6.38. The molecule has 0 saturated heterocycles. The number of hydrogen-bond donors (Lipinski definition) is 1. The summed E-state index contributed by atoms with van der Waals surface area (Å²) in [4.78, 5) is 25.3. The number of Topliss-reactive ketones (excluding diaryl/α,β-unsaturated/α-hetero) is 1. The molecule has 1 aromatic rings. The Kier molecular flexibility index (Phi) is 5.39. The predicted molar refractivity (Wildman–Crippen MR) is 105 cm³/mol. The molecule has 0 spiro atoms. The Labute approximate surface area is 170 Å². The fourth-order valence-electron chi connectivity index (χ4n) is 5.46. The van der Waals surface area contributed by atoms with Gasteiger partial charge >= 0.3 is 5.97 Å². The molecule has 27 heavy (non-hydrogen) atoms. The highest BCUT2D eigenvalue weighted by Crippen LogP contribution is 2.58. The van der Waals surface area contributed by atoms with E-state index in [2.05, 4.69) is 0 Å². The predicted octanol–water partition coefficient (Wildman–Crippen LogP) is 4.45. The van der Waals surface area contributed by atoms with Crippen molar-refractivity contribution in [2.24, 2.45) is 11.3 Å². The summed E-state index contributed by atoms with van der Waals surface area (Å²) in [6, 6.07) is 1.90. The van der Waals surface area contributed by atoms with Crippen LogP contribution in [-0.2, 0) is 26.2 Å². The Morgan fingerprint density at radius 3 is 2.63 bits per heavy atom. The third kappa shape index (κ3) is 3.01. The highest BCUT2D eigenvalue weighted by molar-refractivity contribution is 6.36. The van der Waals surface area contributed by atoms with Crippen molar-refractivity contribution in [2.75, 3.05) is 13.7 Å². The van der Waals surface area contributed by atoms with Crippen LogP contribution in [0.15, 0.2) is 6.07 Å². The number of aliphatic hydroxyl groups excluding tert-OH is 1. The maximum atomic E-state index is 12.7. The van der Waals surface area contributed by atoms with Crippen molar-refractivity contribution >= 4 is 35.0 Å². The van der Waals surface area contributed by atoms with Gasteiger partial charge in [0.2, 0.25) is 0 Å². The molecule has 0 aliphatic heterocycles. The molecule has 0 radical (unpaired) electrons. The van der Waals surface area contributed by atoms with Crippen LogP contribution in [0.2, 0.25) is 10.0 Å². The molecule has 0 aromatic heterocycles. The lowest BCUT2D eigenvalue weighted by Gasteiger charge is -2.53. The second-order valence-corrected chi connectivity index (χ2v) is 9.29. The van der Waals surface area contributed by atoms with Gasteiger partial charge in [0.1, 0.15) is 5.78 Å². The largest absolute Gasteiger partial charge is 0.469 e. The lowest BCUT2D eigenvalue weighted by atomic mass is 9.49. The van der Waals surface area contributed by atoms with Gasteiger partial charge < -0.3 is 9.84 Å². The van der Waals surface area contributed by atoms with Gasteiger partial charge in [-0.3, -0.25) is 9.59 Å². The van der Waals surface area contributed by atoms with Gasteiger partial charge in [-0.1, -0.05) is 37.0 Å². The topological polar surface area (TPSA) is 63.6 Å². The lowest BCUT2D eigenvalue weighted by molar-refractivity contribution is -0.164. The normalized spacial score (nSPS) is 31.1. The van der Waals surface area contributed by atoms with Crippen molar-refractivity contribution in [1.82, 2.24) is 0 Å². The van der Waals surface area contributed by atoms with Crippen LogP contribution >= 0.6 is 23.2 Å². The molecule has 2 aliphatic carbocycles. The third-order valence-corrected chi connectivity index (χ3v) is 7.48. The third-order valence-electron chi connectivity index (χ3n) is 6.74. The summed E-state index contributed by atoms with van der Waals surface area (Å²) in [7, 11) is 1.37. The zero-order valence-electron chi connectivity index (χ0n) is 16.2. The van der Waals surface area contributed by atoms with Gasteiger partial charge in [-0.05, 0) is 48.4 Å². The highest BCUT2D eigenvalue weighted by Gasteiger charge is 2.58. The molecule has 4 atom stereocenters. The number of ether oxygens (including phenoxy) is 1. The standard InChI is InChI=1S/C21H26Cl2O4/c1-11(10-24)17-15(22)7-14-13(18(17)23)5-6-16-20(14,2)8-12(25)9-21(16,3)19(26)27-4/h7,11,16,24H,5-6,8-10H2,1-4H3/t11-,16-,20-,21-/m1/s1. The first-order valence-corrected chi connectivity index (χ1v) is 10.1. The van der Waals surface area contributed by atoms with Gasteiger partial charge in [-0.15, -0.1) is 0 Å². The molecule has 4 nitrogen and oxygen atoms in total. The van der Waals surface area contributed by atoms with Crippen molar-refractivity contribution in [2.45, 2.75) is 57.8 Å². The van der Waals surface area contributed by atoms with Gasteiger partial charge in [0.25, 0.3) is 0 Å². The molecule has 0 amide bonds. The van der Waals surface area contributed by atoms with E-state index >= 15 is 0 Å². The SMILES string of the molecule is COC(=O)[C@]1(C)CC(=O)C[C@]2(C)c3cc(Cl)c([C@H](C)CO)c(Cl)c3CC[C@@H]12. The molecule has 1 aromatic carbocycles.